The third kappa shape index (κ3) is 3.85. The first-order valence-electron chi connectivity index (χ1n) is 11.1. The summed E-state index contributed by atoms with van der Waals surface area (Å²) in [6.07, 6.45) is 3.54. The molecule has 2 aliphatic carbocycles. The second-order valence-electron chi connectivity index (χ2n) is 10.6. The number of carbonyl (C=O) groups is 2. The molecule has 6 nitrogen and oxygen atoms in total. The van der Waals surface area contributed by atoms with Crippen LogP contribution in [0.15, 0.2) is 0 Å². The van der Waals surface area contributed by atoms with E-state index in [1.807, 2.05) is 27.7 Å². The minimum absolute atomic E-state index is 0.0121. The van der Waals surface area contributed by atoms with E-state index in [-0.39, 0.29) is 35.4 Å². The molecule has 1 aromatic rings. The van der Waals surface area contributed by atoms with Gasteiger partial charge in [-0.25, -0.2) is 9.78 Å². The van der Waals surface area contributed by atoms with Crippen molar-refractivity contribution >= 4 is 23.4 Å². The zero-order chi connectivity index (χ0) is 21.8. The molecular weight excluding hydrogens is 400 g/mol. The van der Waals surface area contributed by atoms with Crippen LogP contribution in [-0.4, -0.2) is 35.3 Å². The molecule has 1 N–H and O–H groups in total. The molecule has 1 saturated heterocycles. The average molecular weight is 435 g/mol. The Morgan fingerprint density at radius 1 is 1.33 bits per heavy atom. The van der Waals surface area contributed by atoms with Gasteiger partial charge in [-0.05, 0) is 45.4 Å². The van der Waals surface area contributed by atoms with Crippen molar-refractivity contribution in [3.63, 3.8) is 0 Å². The number of fused-ring (bicyclic) bond motifs is 4. The van der Waals surface area contributed by atoms with Crippen LogP contribution in [0.4, 0.5) is 4.79 Å². The Morgan fingerprint density at radius 2 is 2.07 bits per heavy atom. The van der Waals surface area contributed by atoms with Gasteiger partial charge in [-0.1, -0.05) is 20.8 Å². The molecule has 2 heterocycles. The van der Waals surface area contributed by atoms with E-state index < -0.39 is 5.60 Å². The molecule has 30 heavy (non-hydrogen) atoms. The van der Waals surface area contributed by atoms with E-state index in [9.17, 15) is 9.59 Å². The molecule has 0 bridgehead atoms. The fourth-order valence-corrected chi connectivity index (χ4v) is 7.19. The van der Waals surface area contributed by atoms with Crippen LogP contribution in [0.25, 0.3) is 0 Å². The number of rotatable bonds is 3. The third-order valence-corrected chi connectivity index (χ3v) is 8.34. The molecule has 6 unspecified atom stereocenters. The van der Waals surface area contributed by atoms with Gasteiger partial charge in [-0.15, -0.1) is 11.3 Å². The van der Waals surface area contributed by atoms with E-state index >= 15 is 0 Å². The smallest absolute Gasteiger partial charge is 0.407 e. The van der Waals surface area contributed by atoms with Crippen molar-refractivity contribution in [2.45, 2.75) is 84.8 Å². The molecule has 7 heteroatoms. The van der Waals surface area contributed by atoms with Gasteiger partial charge in [0.25, 0.3) is 0 Å². The van der Waals surface area contributed by atoms with Gasteiger partial charge in [0.2, 0.25) is 0 Å². The van der Waals surface area contributed by atoms with Crippen LogP contribution >= 0.6 is 11.3 Å². The number of carbonyl (C=O) groups excluding carboxylic acids is 2. The van der Waals surface area contributed by atoms with Crippen LogP contribution in [0.1, 0.15) is 75.9 Å². The molecule has 1 saturated carbocycles. The van der Waals surface area contributed by atoms with Crippen LogP contribution in [0.3, 0.4) is 0 Å². The van der Waals surface area contributed by atoms with Crippen molar-refractivity contribution in [2.24, 2.45) is 23.2 Å². The summed E-state index contributed by atoms with van der Waals surface area (Å²) in [6, 6.07) is 0. The van der Waals surface area contributed by atoms with Crippen molar-refractivity contribution in [2.75, 3.05) is 6.54 Å². The number of amides is 1. The quantitative estimate of drug-likeness (QED) is 0.711. The molecule has 1 aliphatic heterocycles. The van der Waals surface area contributed by atoms with E-state index in [4.69, 9.17) is 14.5 Å². The van der Waals surface area contributed by atoms with Gasteiger partial charge in [-0.3, -0.25) is 4.79 Å². The van der Waals surface area contributed by atoms with E-state index in [1.165, 1.54) is 10.6 Å². The second-order valence-corrected chi connectivity index (χ2v) is 11.8. The molecule has 3 aliphatic rings. The summed E-state index contributed by atoms with van der Waals surface area (Å²) in [5.41, 5.74) is 0.826. The minimum Gasteiger partial charge on any atom is -0.461 e. The number of aromatic nitrogens is 1. The summed E-state index contributed by atoms with van der Waals surface area (Å²) in [4.78, 5) is 30.5. The van der Waals surface area contributed by atoms with Crippen molar-refractivity contribution in [1.82, 2.24) is 10.3 Å². The maximum atomic E-state index is 12.3. The highest BCUT2D eigenvalue weighted by molar-refractivity contribution is 7.11. The number of thiazole rings is 1. The number of nitrogens with one attached hydrogen (secondary N) is 1. The Hall–Kier alpha value is -1.63. The average Bonchev–Trinajstić information content (AvgIpc) is 3.13. The van der Waals surface area contributed by atoms with Crippen molar-refractivity contribution in [3.05, 3.63) is 15.6 Å². The molecule has 0 spiro atoms. The molecule has 1 aromatic heterocycles. The van der Waals surface area contributed by atoms with Crippen LogP contribution < -0.4 is 5.32 Å². The standard InChI is InChI=1S/C23H34N2O4S/c1-12-14-7-9-23(6)11-15-18(13(2)17(23)19(14)28-20(12)26)25-16(30-15)8-10-24-21(27)29-22(3,4)5/h12-14,17,19H,7-11H2,1-6H3,(H,24,27). The van der Waals surface area contributed by atoms with E-state index in [2.05, 4.69) is 19.2 Å². The summed E-state index contributed by atoms with van der Waals surface area (Å²) < 4.78 is 11.2. The zero-order valence-corrected chi connectivity index (χ0v) is 19.7. The monoisotopic (exact) mass is 434 g/mol. The second kappa shape index (κ2) is 7.50. The fourth-order valence-electron chi connectivity index (χ4n) is 5.82. The topological polar surface area (TPSA) is 77.5 Å². The van der Waals surface area contributed by atoms with Crippen LogP contribution in [0.2, 0.25) is 0 Å². The number of hydrogen-bond donors (Lipinski definition) is 1. The maximum absolute atomic E-state index is 12.3. The van der Waals surface area contributed by atoms with Crippen LogP contribution in [0.5, 0.6) is 0 Å². The first kappa shape index (κ1) is 21.6. The van der Waals surface area contributed by atoms with Gasteiger partial charge in [0.05, 0.1) is 16.6 Å². The summed E-state index contributed by atoms with van der Waals surface area (Å²) in [5.74, 6) is 0.925. The fraction of sp³-hybridized carbons (Fsp3) is 0.783. The predicted octanol–water partition coefficient (Wildman–Crippen LogP) is 4.46. The largest absolute Gasteiger partial charge is 0.461 e. The number of ether oxygens (including phenoxy) is 2. The molecule has 2 fully saturated rings. The van der Waals surface area contributed by atoms with Gasteiger partial charge in [0.1, 0.15) is 11.7 Å². The lowest BCUT2D eigenvalue weighted by molar-refractivity contribution is -0.149. The summed E-state index contributed by atoms with van der Waals surface area (Å²) >= 11 is 1.77. The highest BCUT2D eigenvalue weighted by Gasteiger charge is 2.58. The molecule has 166 valence electrons. The van der Waals surface area contributed by atoms with Crippen molar-refractivity contribution in [1.29, 1.82) is 0 Å². The SMILES string of the molecule is CC1C(=O)OC2C1CCC1(C)Cc3sc(CCNC(=O)OC(C)(C)C)nc3C(C)C21. The van der Waals surface area contributed by atoms with E-state index in [0.29, 0.717) is 24.8 Å². The van der Waals surface area contributed by atoms with Crippen molar-refractivity contribution < 1.29 is 19.1 Å². The first-order valence-corrected chi connectivity index (χ1v) is 12.0. The lowest BCUT2D eigenvalue weighted by Crippen LogP contribution is -2.50. The Balaban J connectivity index is 1.46. The molecular formula is C23H34N2O4S. The van der Waals surface area contributed by atoms with Gasteiger partial charge in [0.15, 0.2) is 0 Å². The Bertz CT molecular complexity index is 845. The Kier molecular flexibility index (Phi) is 5.40. The van der Waals surface area contributed by atoms with Crippen LogP contribution in [-0.2, 0) is 27.1 Å². The molecule has 4 rings (SSSR count). The predicted molar refractivity (Wildman–Crippen MR) is 116 cm³/mol. The lowest BCUT2D eigenvalue weighted by atomic mass is 9.54. The van der Waals surface area contributed by atoms with E-state index in [0.717, 1.165) is 24.3 Å². The molecule has 1 amide bonds. The van der Waals surface area contributed by atoms with Gasteiger partial charge < -0.3 is 14.8 Å². The van der Waals surface area contributed by atoms with Gasteiger partial charge in [0, 0.05) is 35.6 Å². The number of hydrogen-bond acceptors (Lipinski definition) is 6. The normalized spacial score (nSPS) is 35.1. The third-order valence-electron chi connectivity index (χ3n) is 7.21. The highest BCUT2D eigenvalue weighted by Crippen LogP contribution is 2.59. The first-order chi connectivity index (χ1) is 14.0. The summed E-state index contributed by atoms with van der Waals surface area (Å²) in [6.45, 7) is 12.7. The molecule has 0 radical (unpaired) electrons. The number of esters is 1. The lowest BCUT2D eigenvalue weighted by Gasteiger charge is -2.51. The Labute approximate surface area is 183 Å². The molecule has 6 atom stereocenters. The van der Waals surface area contributed by atoms with Crippen LogP contribution in [0, 0.1) is 23.2 Å². The Morgan fingerprint density at radius 3 is 2.77 bits per heavy atom. The number of nitrogens with zero attached hydrogens (tertiary/aromatic N) is 1. The summed E-state index contributed by atoms with van der Waals surface area (Å²) in [5, 5.41) is 3.88. The number of alkyl carbamates (subject to hydrolysis) is 1. The van der Waals surface area contributed by atoms with Crippen molar-refractivity contribution in [3.8, 4) is 0 Å². The van der Waals surface area contributed by atoms with Gasteiger partial charge >= 0.3 is 12.1 Å². The van der Waals surface area contributed by atoms with Gasteiger partial charge in [-0.2, -0.15) is 0 Å². The molecule has 0 aromatic carbocycles. The summed E-state index contributed by atoms with van der Waals surface area (Å²) in [7, 11) is 0. The highest BCUT2D eigenvalue weighted by atomic mass is 32.1. The van der Waals surface area contributed by atoms with E-state index in [1.54, 1.807) is 11.3 Å². The maximum Gasteiger partial charge on any atom is 0.407 e. The minimum atomic E-state index is -0.495. The zero-order valence-electron chi connectivity index (χ0n) is 18.9.